The lowest BCUT2D eigenvalue weighted by Crippen LogP contribution is -2.62. The number of esters is 1. The van der Waals surface area contributed by atoms with Gasteiger partial charge in [0.25, 0.3) is 0 Å². The second-order valence-corrected chi connectivity index (χ2v) is 5.56. The van der Waals surface area contributed by atoms with Crippen molar-refractivity contribution in [2.24, 2.45) is 16.2 Å². The summed E-state index contributed by atoms with van der Waals surface area (Å²) in [6, 6.07) is -0.0995. The largest absolute Gasteiger partial charge is 0.468 e. The first-order valence-corrected chi connectivity index (χ1v) is 5.14. The topological polar surface area (TPSA) is 38.3 Å². The molecule has 0 aromatic heterocycles. The number of carbonyl (C=O) groups is 1. The SMILES string of the molecule is COC(=O)C1NCC12C(C)(C)C2(C)C. The van der Waals surface area contributed by atoms with Gasteiger partial charge in [-0.1, -0.05) is 27.7 Å². The third kappa shape index (κ3) is 0.691. The molecule has 0 aromatic rings. The maximum atomic E-state index is 11.5. The molecule has 1 saturated carbocycles. The molecule has 1 saturated heterocycles. The van der Waals surface area contributed by atoms with Crippen LogP contribution in [-0.2, 0) is 9.53 Å². The summed E-state index contributed by atoms with van der Waals surface area (Å²) in [4.78, 5) is 11.5. The van der Waals surface area contributed by atoms with Crippen LogP contribution in [0.5, 0.6) is 0 Å². The van der Waals surface area contributed by atoms with Crippen LogP contribution in [0.15, 0.2) is 0 Å². The number of hydrogen-bond acceptors (Lipinski definition) is 3. The number of ether oxygens (including phenoxy) is 1. The first kappa shape index (κ1) is 9.97. The third-order valence-corrected chi connectivity index (χ3v) is 5.25. The van der Waals surface area contributed by atoms with E-state index in [-0.39, 0.29) is 28.3 Å². The van der Waals surface area contributed by atoms with Crippen LogP contribution >= 0.6 is 0 Å². The zero-order valence-electron chi connectivity index (χ0n) is 9.60. The lowest BCUT2D eigenvalue weighted by molar-refractivity contribution is -0.149. The van der Waals surface area contributed by atoms with Gasteiger partial charge in [-0.25, -0.2) is 0 Å². The van der Waals surface area contributed by atoms with E-state index in [0.29, 0.717) is 0 Å². The molecule has 0 amide bonds. The van der Waals surface area contributed by atoms with Crippen LogP contribution in [0.2, 0.25) is 0 Å². The molecule has 2 fully saturated rings. The molecule has 80 valence electrons. The lowest BCUT2D eigenvalue weighted by atomic mass is 9.79. The minimum absolute atomic E-state index is 0.0995. The maximum Gasteiger partial charge on any atom is 0.323 e. The highest BCUT2D eigenvalue weighted by atomic mass is 16.5. The second kappa shape index (κ2) is 2.32. The highest BCUT2D eigenvalue weighted by Gasteiger charge is 2.84. The van der Waals surface area contributed by atoms with Gasteiger partial charge in [0.15, 0.2) is 0 Å². The molecular formula is C11H19NO2. The Hall–Kier alpha value is -0.570. The van der Waals surface area contributed by atoms with Crippen LogP contribution in [0.4, 0.5) is 0 Å². The van der Waals surface area contributed by atoms with Gasteiger partial charge in [-0.05, 0) is 10.8 Å². The summed E-state index contributed by atoms with van der Waals surface area (Å²) in [5.74, 6) is -0.116. The molecule has 1 aliphatic heterocycles. The van der Waals surface area contributed by atoms with Gasteiger partial charge in [-0.3, -0.25) is 4.79 Å². The number of methoxy groups -OCH3 is 1. The predicted octanol–water partition coefficient (Wildman–Crippen LogP) is 1.18. The Labute approximate surface area is 85.2 Å². The Morgan fingerprint density at radius 2 is 1.79 bits per heavy atom. The van der Waals surface area contributed by atoms with Crippen LogP contribution in [0.25, 0.3) is 0 Å². The van der Waals surface area contributed by atoms with E-state index in [9.17, 15) is 4.79 Å². The molecule has 2 rings (SSSR count). The van der Waals surface area contributed by atoms with E-state index < -0.39 is 0 Å². The van der Waals surface area contributed by atoms with Crippen molar-refractivity contribution in [1.82, 2.24) is 5.32 Å². The molecule has 14 heavy (non-hydrogen) atoms. The van der Waals surface area contributed by atoms with Crippen molar-refractivity contribution in [3.63, 3.8) is 0 Å². The molecule has 3 nitrogen and oxygen atoms in total. The summed E-state index contributed by atoms with van der Waals surface area (Å²) in [7, 11) is 1.46. The van der Waals surface area contributed by atoms with Gasteiger partial charge < -0.3 is 10.1 Å². The lowest BCUT2D eigenvalue weighted by Gasteiger charge is -2.40. The number of hydrogen-bond donors (Lipinski definition) is 1. The molecule has 0 aromatic carbocycles. The minimum Gasteiger partial charge on any atom is -0.468 e. The minimum atomic E-state index is -0.116. The molecule has 1 aliphatic carbocycles. The molecule has 3 heteroatoms. The standard InChI is InChI=1S/C11H19NO2/c1-9(2)10(3,4)11(9)6-12-7(11)8(13)14-5/h7,12H,6H2,1-5H3. The molecule has 1 unspecified atom stereocenters. The van der Waals surface area contributed by atoms with Crippen LogP contribution in [0.3, 0.4) is 0 Å². The third-order valence-electron chi connectivity index (χ3n) is 5.25. The summed E-state index contributed by atoms with van der Waals surface area (Å²) in [5, 5.41) is 3.19. The zero-order chi connectivity index (χ0) is 10.8. The Kier molecular flexibility index (Phi) is 1.65. The van der Waals surface area contributed by atoms with Crippen LogP contribution in [-0.4, -0.2) is 25.7 Å². The number of nitrogens with one attached hydrogen (secondary N) is 1. The van der Waals surface area contributed by atoms with E-state index in [4.69, 9.17) is 4.74 Å². The van der Waals surface area contributed by atoms with E-state index in [1.54, 1.807) is 0 Å². The highest BCUT2D eigenvalue weighted by molar-refractivity contribution is 5.80. The second-order valence-electron chi connectivity index (χ2n) is 5.56. The van der Waals surface area contributed by atoms with Gasteiger partial charge in [0.05, 0.1) is 7.11 Å². The smallest absolute Gasteiger partial charge is 0.323 e. The van der Waals surface area contributed by atoms with Crippen LogP contribution in [0, 0.1) is 16.2 Å². The number of rotatable bonds is 1. The van der Waals surface area contributed by atoms with Crippen molar-refractivity contribution >= 4 is 5.97 Å². The van der Waals surface area contributed by atoms with Gasteiger partial charge in [0, 0.05) is 12.0 Å². The zero-order valence-corrected chi connectivity index (χ0v) is 9.60. The van der Waals surface area contributed by atoms with Crippen LogP contribution in [0.1, 0.15) is 27.7 Å². The Morgan fingerprint density at radius 3 is 2.00 bits per heavy atom. The van der Waals surface area contributed by atoms with Gasteiger partial charge in [0.2, 0.25) is 0 Å². The molecule has 0 bridgehead atoms. The van der Waals surface area contributed by atoms with Crippen molar-refractivity contribution in [3.8, 4) is 0 Å². The van der Waals surface area contributed by atoms with E-state index in [1.807, 2.05) is 0 Å². The van der Waals surface area contributed by atoms with Crippen molar-refractivity contribution in [1.29, 1.82) is 0 Å². The van der Waals surface area contributed by atoms with E-state index in [2.05, 4.69) is 33.0 Å². The Bertz CT molecular complexity index is 280. The quantitative estimate of drug-likeness (QED) is 0.642. The average Bonchev–Trinajstić information content (AvgIpc) is 2.38. The first-order chi connectivity index (χ1) is 6.33. The Morgan fingerprint density at radius 1 is 1.29 bits per heavy atom. The molecule has 1 heterocycles. The molecule has 1 N–H and O–H groups in total. The first-order valence-electron chi connectivity index (χ1n) is 5.14. The summed E-state index contributed by atoms with van der Waals surface area (Å²) < 4.78 is 4.81. The Balaban J connectivity index is 2.26. The van der Waals surface area contributed by atoms with E-state index in [0.717, 1.165) is 6.54 Å². The van der Waals surface area contributed by atoms with E-state index in [1.165, 1.54) is 7.11 Å². The van der Waals surface area contributed by atoms with Crippen molar-refractivity contribution < 1.29 is 9.53 Å². The van der Waals surface area contributed by atoms with Gasteiger partial charge in [-0.15, -0.1) is 0 Å². The summed E-state index contributed by atoms with van der Waals surface area (Å²) in [6.45, 7) is 9.90. The molecule has 0 radical (unpaired) electrons. The molecule has 1 atom stereocenters. The predicted molar refractivity (Wildman–Crippen MR) is 53.8 cm³/mol. The molecular weight excluding hydrogens is 178 g/mol. The summed E-state index contributed by atoms with van der Waals surface area (Å²) in [5.41, 5.74) is 0.571. The van der Waals surface area contributed by atoms with Crippen molar-refractivity contribution in [3.05, 3.63) is 0 Å². The molecule has 2 aliphatic rings. The van der Waals surface area contributed by atoms with Gasteiger partial charge >= 0.3 is 5.97 Å². The summed E-state index contributed by atoms with van der Waals surface area (Å²) in [6.07, 6.45) is 0. The average molecular weight is 197 g/mol. The van der Waals surface area contributed by atoms with Crippen LogP contribution < -0.4 is 5.32 Å². The van der Waals surface area contributed by atoms with E-state index >= 15 is 0 Å². The monoisotopic (exact) mass is 197 g/mol. The highest BCUT2D eigenvalue weighted by Crippen LogP contribution is 2.81. The van der Waals surface area contributed by atoms with Crippen molar-refractivity contribution in [2.45, 2.75) is 33.7 Å². The van der Waals surface area contributed by atoms with Crippen molar-refractivity contribution in [2.75, 3.05) is 13.7 Å². The van der Waals surface area contributed by atoms with Gasteiger partial charge in [0.1, 0.15) is 6.04 Å². The normalized spacial score (nSPS) is 34.8. The fourth-order valence-electron chi connectivity index (χ4n) is 3.45. The summed E-state index contributed by atoms with van der Waals surface area (Å²) >= 11 is 0. The fraction of sp³-hybridized carbons (Fsp3) is 0.909. The maximum absolute atomic E-state index is 11.5. The van der Waals surface area contributed by atoms with Gasteiger partial charge in [-0.2, -0.15) is 0 Å². The fourth-order valence-corrected chi connectivity index (χ4v) is 3.45. The number of carbonyl (C=O) groups excluding carboxylic acids is 1. The molecule has 1 spiro atoms.